The number of amides is 2. The first-order valence-electron chi connectivity index (χ1n) is 13.4. The van der Waals surface area contributed by atoms with Crippen LogP contribution in [0.5, 0.6) is 11.5 Å². The Bertz CT molecular complexity index is 1510. The fraction of sp³-hybridized carbons (Fsp3) is 0.290. The molecule has 0 saturated carbocycles. The zero-order chi connectivity index (χ0) is 29.4. The number of methoxy groups -OCH3 is 2. The molecule has 0 aliphatic heterocycles. The molecule has 0 fully saturated rings. The van der Waals surface area contributed by atoms with Gasteiger partial charge in [-0.2, -0.15) is 0 Å². The van der Waals surface area contributed by atoms with Gasteiger partial charge >= 0.3 is 0 Å². The average molecular weight is 559 g/mol. The third kappa shape index (κ3) is 7.02. The zero-order valence-electron chi connectivity index (χ0n) is 23.5. The van der Waals surface area contributed by atoms with Crippen LogP contribution in [0.4, 0.5) is 5.69 Å². The number of para-hydroxylation sites is 1. The van der Waals surface area contributed by atoms with Crippen LogP contribution in [0.2, 0.25) is 0 Å². The quantitative estimate of drug-likeness (QED) is 0.178. The fourth-order valence-corrected chi connectivity index (χ4v) is 4.78. The number of rotatable bonds is 13. The van der Waals surface area contributed by atoms with Crippen molar-refractivity contribution in [2.75, 3.05) is 33.9 Å². The minimum atomic E-state index is -0.513. The SMILES string of the molecule is CCCN(CC(=O)N(CCc1c[nH]c2ccccc12)Cc1ccc(OC)c(OC)c1)C(=O)c1ccc([N+](=O)[O-])cc1. The van der Waals surface area contributed by atoms with E-state index in [0.29, 0.717) is 49.5 Å². The maximum absolute atomic E-state index is 13.8. The summed E-state index contributed by atoms with van der Waals surface area (Å²) >= 11 is 0. The summed E-state index contributed by atoms with van der Waals surface area (Å²) < 4.78 is 10.8. The van der Waals surface area contributed by atoms with Crippen LogP contribution >= 0.6 is 0 Å². The molecule has 2 amide bonds. The Kier molecular flexibility index (Phi) is 9.57. The highest BCUT2D eigenvalue weighted by Gasteiger charge is 2.23. The number of aromatic amines is 1. The minimum Gasteiger partial charge on any atom is -0.493 e. The molecule has 0 atom stereocenters. The van der Waals surface area contributed by atoms with E-state index in [4.69, 9.17) is 9.47 Å². The van der Waals surface area contributed by atoms with Crippen molar-refractivity contribution >= 4 is 28.4 Å². The summed E-state index contributed by atoms with van der Waals surface area (Å²) in [5.74, 6) is 0.604. The van der Waals surface area contributed by atoms with Gasteiger partial charge < -0.3 is 24.3 Å². The van der Waals surface area contributed by atoms with Crippen LogP contribution in [0.1, 0.15) is 34.8 Å². The number of non-ortho nitro benzene ring substituents is 1. The van der Waals surface area contributed by atoms with Gasteiger partial charge in [0.1, 0.15) is 6.54 Å². The maximum atomic E-state index is 13.8. The lowest BCUT2D eigenvalue weighted by molar-refractivity contribution is -0.384. The standard InChI is InChI=1S/C31H34N4O6/c1-4-16-34(31(37)23-10-12-25(13-11-23)35(38)39)21-30(36)33(20-22-9-14-28(40-2)29(18-22)41-3)17-15-24-19-32-27-8-6-5-7-26(24)27/h5-14,18-19,32H,4,15-17,20-21H2,1-3H3. The van der Waals surface area contributed by atoms with Gasteiger partial charge in [-0.1, -0.05) is 31.2 Å². The van der Waals surface area contributed by atoms with Crippen LogP contribution in [-0.4, -0.2) is 65.4 Å². The lowest BCUT2D eigenvalue weighted by Gasteiger charge is -2.28. The summed E-state index contributed by atoms with van der Waals surface area (Å²) in [6.07, 6.45) is 3.23. The number of benzene rings is 3. The number of nitrogens with zero attached hydrogens (tertiary/aromatic N) is 3. The second kappa shape index (κ2) is 13.5. The first kappa shape index (κ1) is 29.1. The highest BCUT2D eigenvalue weighted by atomic mass is 16.6. The molecule has 1 heterocycles. The molecule has 214 valence electrons. The molecule has 10 heteroatoms. The molecule has 41 heavy (non-hydrogen) atoms. The average Bonchev–Trinajstić information content (AvgIpc) is 3.41. The van der Waals surface area contributed by atoms with E-state index in [1.807, 2.05) is 49.5 Å². The summed E-state index contributed by atoms with van der Waals surface area (Å²) in [6, 6.07) is 19.0. The van der Waals surface area contributed by atoms with Gasteiger partial charge in [-0.25, -0.2) is 0 Å². The number of nitro benzene ring substituents is 1. The van der Waals surface area contributed by atoms with Crippen molar-refractivity contribution < 1.29 is 24.0 Å². The van der Waals surface area contributed by atoms with E-state index < -0.39 is 4.92 Å². The first-order valence-corrected chi connectivity index (χ1v) is 13.4. The van der Waals surface area contributed by atoms with Crippen LogP contribution in [0.3, 0.4) is 0 Å². The van der Waals surface area contributed by atoms with Gasteiger partial charge in [-0.05, 0) is 54.3 Å². The van der Waals surface area contributed by atoms with E-state index in [1.54, 1.807) is 25.2 Å². The Balaban J connectivity index is 1.57. The largest absolute Gasteiger partial charge is 0.493 e. The van der Waals surface area contributed by atoms with Gasteiger partial charge in [0, 0.05) is 54.4 Å². The van der Waals surface area contributed by atoms with Crippen molar-refractivity contribution in [3.63, 3.8) is 0 Å². The van der Waals surface area contributed by atoms with Crippen LogP contribution in [0, 0.1) is 10.1 Å². The number of H-pyrrole nitrogens is 1. The lowest BCUT2D eigenvalue weighted by Crippen LogP contribution is -2.43. The Labute approximate surface area is 238 Å². The number of nitrogens with one attached hydrogen (secondary N) is 1. The number of hydrogen-bond acceptors (Lipinski definition) is 6. The number of hydrogen-bond donors (Lipinski definition) is 1. The fourth-order valence-electron chi connectivity index (χ4n) is 4.78. The molecule has 4 aromatic rings. The maximum Gasteiger partial charge on any atom is 0.269 e. The molecule has 10 nitrogen and oxygen atoms in total. The molecule has 0 bridgehead atoms. The molecule has 0 radical (unpaired) electrons. The third-order valence-corrected chi connectivity index (χ3v) is 6.93. The van der Waals surface area contributed by atoms with Crippen LogP contribution in [-0.2, 0) is 17.8 Å². The summed E-state index contributed by atoms with van der Waals surface area (Å²) in [7, 11) is 3.13. The van der Waals surface area contributed by atoms with Gasteiger partial charge in [0.25, 0.3) is 11.6 Å². The van der Waals surface area contributed by atoms with E-state index in [-0.39, 0.29) is 24.0 Å². The topological polar surface area (TPSA) is 118 Å². The van der Waals surface area contributed by atoms with Crippen LogP contribution in [0.25, 0.3) is 10.9 Å². The van der Waals surface area contributed by atoms with Gasteiger partial charge in [-0.15, -0.1) is 0 Å². The van der Waals surface area contributed by atoms with Crippen LogP contribution < -0.4 is 9.47 Å². The predicted molar refractivity (Wildman–Crippen MR) is 156 cm³/mol. The van der Waals surface area contributed by atoms with Crippen molar-refractivity contribution in [3.05, 3.63) is 99.7 Å². The molecule has 0 aliphatic carbocycles. The normalized spacial score (nSPS) is 10.8. The van der Waals surface area contributed by atoms with Gasteiger partial charge in [0.05, 0.1) is 19.1 Å². The molecule has 0 spiro atoms. The Morgan fingerprint density at radius 3 is 2.34 bits per heavy atom. The Morgan fingerprint density at radius 1 is 0.927 bits per heavy atom. The van der Waals surface area contributed by atoms with Gasteiger partial charge in [-0.3, -0.25) is 19.7 Å². The van der Waals surface area contributed by atoms with E-state index in [2.05, 4.69) is 4.98 Å². The molecule has 0 unspecified atom stereocenters. The highest BCUT2D eigenvalue weighted by Crippen LogP contribution is 2.28. The number of aromatic nitrogens is 1. The van der Waals surface area contributed by atoms with Crippen molar-refractivity contribution in [2.45, 2.75) is 26.3 Å². The predicted octanol–water partition coefficient (Wildman–Crippen LogP) is 5.22. The monoisotopic (exact) mass is 558 g/mol. The van der Waals surface area contributed by atoms with E-state index in [0.717, 1.165) is 22.0 Å². The summed E-state index contributed by atoms with van der Waals surface area (Å²) in [4.78, 5) is 44.2. The van der Waals surface area contributed by atoms with Gasteiger partial charge in [0.15, 0.2) is 11.5 Å². The molecular weight excluding hydrogens is 524 g/mol. The second-order valence-corrected chi connectivity index (χ2v) is 9.64. The highest BCUT2D eigenvalue weighted by molar-refractivity contribution is 5.96. The third-order valence-electron chi connectivity index (χ3n) is 6.93. The van der Waals surface area contributed by atoms with Crippen molar-refractivity contribution in [1.29, 1.82) is 0 Å². The first-order chi connectivity index (χ1) is 19.8. The summed E-state index contributed by atoms with van der Waals surface area (Å²) in [5.41, 5.74) is 3.18. The second-order valence-electron chi connectivity index (χ2n) is 9.64. The van der Waals surface area contributed by atoms with Crippen molar-refractivity contribution in [2.24, 2.45) is 0 Å². The number of nitro groups is 1. The number of carbonyl (C=O) groups excluding carboxylic acids is 2. The smallest absolute Gasteiger partial charge is 0.269 e. The van der Waals surface area contributed by atoms with Crippen molar-refractivity contribution in [3.8, 4) is 11.5 Å². The van der Waals surface area contributed by atoms with Crippen LogP contribution in [0.15, 0.2) is 72.9 Å². The van der Waals surface area contributed by atoms with E-state index >= 15 is 0 Å². The Hall–Kier alpha value is -4.86. The molecule has 4 rings (SSSR count). The molecule has 0 saturated heterocycles. The van der Waals surface area contributed by atoms with E-state index in [1.165, 1.54) is 29.2 Å². The molecule has 1 N–H and O–H groups in total. The zero-order valence-corrected chi connectivity index (χ0v) is 23.5. The minimum absolute atomic E-state index is 0.0990. The number of fused-ring (bicyclic) bond motifs is 1. The molecule has 3 aromatic carbocycles. The van der Waals surface area contributed by atoms with Gasteiger partial charge in [0.2, 0.25) is 5.91 Å². The molecular formula is C31H34N4O6. The summed E-state index contributed by atoms with van der Waals surface area (Å²) in [5, 5.41) is 12.1. The molecule has 0 aliphatic rings. The summed E-state index contributed by atoms with van der Waals surface area (Å²) in [6.45, 7) is 2.92. The lowest BCUT2D eigenvalue weighted by atomic mass is 10.1. The van der Waals surface area contributed by atoms with E-state index in [9.17, 15) is 19.7 Å². The number of ether oxygens (including phenoxy) is 2. The molecule has 1 aromatic heterocycles. The van der Waals surface area contributed by atoms with Crippen molar-refractivity contribution in [1.82, 2.24) is 14.8 Å². The Morgan fingerprint density at radius 2 is 1.66 bits per heavy atom. The number of carbonyl (C=O) groups is 2.